The Bertz CT molecular complexity index is 1190. The number of anilines is 1. The van der Waals surface area contributed by atoms with Crippen molar-refractivity contribution in [2.45, 2.75) is 24.9 Å². The van der Waals surface area contributed by atoms with E-state index in [0.717, 1.165) is 0 Å². The molecule has 6 N–H and O–H groups in total. The van der Waals surface area contributed by atoms with E-state index in [9.17, 15) is 43.2 Å². The number of rotatable bonds is 8. The van der Waals surface area contributed by atoms with Crippen LogP contribution in [0.2, 0.25) is 0 Å². The quantitative estimate of drug-likeness (QED) is 0.184. The van der Waals surface area contributed by atoms with Crippen LogP contribution < -0.4 is 149 Å². The number of fused-ring (bicyclic) bond motifs is 1. The molecule has 1 aliphatic heterocycles. The number of aliphatic hydroxyl groups excluding tert-OH is 1. The van der Waals surface area contributed by atoms with Gasteiger partial charge >= 0.3 is 118 Å². The van der Waals surface area contributed by atoms with Crippen molar-refractivity contribution in [1.82, 2.24) is 19.5 Å². The van der Waals surface area contributed by atoms with Crippen LogP contribution in [0.15, 0.2) is 11.1 Å². The Kier molecular flexibility index (Phi) is 20.0. The van der Waals surface area contributed by atoms with Crippen LogP contribution >= 0.6 is 23.5 Å². The van der Waals surface area contributed by atoms with Gasteiger partial charge in [-0.15, -0.1) is 0 Å². The van der Waals surface area contributed by atoms with E-state index in [2.05, 4.69) is 28.1 Å². The Morgan fingerprint density at radius 2 is 1.72 bits per heavy atom. The maximum atomic E-state index is 11.8. The van der Waals surface area contributed by atoms with Gasteiger partial charge < -0.3 is 49.7 Å². The van der Waals surface area contributed by atoms with Crippen LogP contribution in [0, 0.1) is 0 Å². The number of imidazole rings is 1. The maximum absolute atomic E-state index is 11.8. The molecule has 0 radical (unpaired) electrons. The van der Waals surface area contributed by atoms with Gasteiger partial charge in [0.2, 0.25) is 5.95 Å². The van der Waals surface area contributed by atoms with E-state index in [0.29, 0.717) is 0 Å². The molecule has 19 nitrogen and oxygen atoms in total. The molecular formula is C10H14N5Na4O14P3. The second kappa shape index (κ2) is 16.8. The van der Waals surface area contributed by atoms with E-state index in [-0.39, 0.29) is 147 Å². The molecule has 0 aliphatic carbocycles. The molecule has 182 valence electrons. The minimum absolute atomic E-state index is 0. The van der Waals surface area contributed by atoms with Gasteiger partial charge in [-0.05, 0) is 0 Å². The van der Waals surface area contributed by atoms with E-state index >= 15 is 0 Å². The normalized spacial score (nSPS) is 22.4. The van der Waals surface area contributed by atoms with Gasteiger partial charge in [-0.1, -0.05) is 0 Å². The van der Waals surface area contributed by atoms with Crippen molar-refractivity contribution in [3.05, 3.63) is 16.7 Å². The summed E-state index contributed by atoms with van der Waals surface area (Å²) in [4.78, 5) is 65.1. The third kappa shape index (κ3) is 12.1. The first kappa shape index (κ1) is 42.9. The molecule has 0 amide bonds. The smallest absolute Gasteiger partial charge is 0.790 e. The molecule has 1 fully saturated rings. The van der Waals surface area contributed by atoms with Crippen molar-refractivity contribution in [1.29, 1.82) is 0 Å². The number of H-pyrrole nitrogens is 1. The summed E-state index contributed by atoms with van der Waals surface area (Å²) in [5.74, 6) is -0.216. The molecule has 26 heteroatoms. The van der Waals surface area contributed by atoms with E-state index in [1.54, 1.807) is 0 Å². The zero-order valence-electron chi connectivity index (χ0n) is 19.3. The average Bonchev–Trinajstić information content (AvgIpc) is 3.13. The van der Waals surface area contributed by atoms with Crippen LogP contribution in [0.4, 0.5) is 5.95 Å². The van der Waals surface area contributed by atoms with Crippen LogP contribution in [0.3, 0.4) is 0 Å². The minimum Gasteiger partial charge on any atom is -0.790 e. The predicted octanol–water partition coefficient (Wildman–Crippen LogP) is -16.6. The van der Waals surface area contributed by atoms with Gasteiger partial charge in [0, 0.05) is 6.42 Å². The van der Waals surface area contributed by atoms with Crippen molar-refractivity contribution in [3.63, 3.8) is 0 Å². The Balaban J connectivity index is -0.00000218. The number of aromatic nitrogens is 4. The Morgan fingerprint density at radius 3 is 2.28 bits per heavy atom. The molecule has 0 saturated carbocycles. The van der Waals surface area contributed by atoms with Crippen molar-refractivity contribution >= 4 is 40.6 Å². The molecule has 2 aromatic heterocycles. The summed E-state index contributed by atoms with van der Waals surface area (Å²) in [6, 6.07) is 0. The zero-order chi connectivity index (χ0) is 23.2. The number of nitrogens with one attached hydrogen (secondary N) is 1. The standard InChI is InChI=1S/C10H16N5O13P3.4Na.H2O/c11-10-13-8-7(9(17)14-10)12-3-15(8)6-1-4(16)5(26-6)2-25-30(21,22)28-31(23,24)27-29(18,19)20;;;;;/h3-6,16H,1-2H2,(H,21,22)(H,23,24)(H2,18,19,20)(H3,11,13,14,17);;;;;1H2/q;4*+1;/p-4/t4-,5+,6+;;;;;/m0...../s1. The largest absolute Gasteiger partial charge is 1.00 e. The Hall–Kier alpha value is 2.44. The van der Waals surface area contributed by atoms with E-state index < -0.39 is 54.1 Å². The minimum atomic E-state index is -6.12. The van der Waals surface area contributed by atoms with Crippen molar-refractivity contribution in [2.75, 3.05) is 12.3 Å². The SMILES string of the molecule is Nc1nc2c(ncn2[C@H]2C[C@H](O)[C@@H](COP(=O)([O-])OP(=O)([O-])OP(=O)([O-])[O-])O2)c(=O)[nH]1.O.[Na+].[Na+].[Na+].[Na+]. The third-order valence-corrected chi connectivity index (χ3v) is 7.43. The zero-order valence-corrected chi connectivity index (χ0v) is 30.0. The molecule has 1 saturated heterocycles. The number of nitrogens with two attached hydrogens (primary N) is 1. The number of aromatic amines is 1. The van der Waals surface area contributed by atoms with Crippen molar-refractivity contribution in [2.24, 2.45) is 0 Å². The number of phosphoric acid groups is 3. The Morgan fingerprint density at radius 1 is 1.14 bits per heavy atom. The second-order valence-corrected chi connectivity index (χ2v) is 10.3. The topological polar surface area (TPSA) is 322 Å². The molecule has 3 heterocycles. The maximum Gasteiger partial charge on any atom is 1.00 e. The summed E-state index contributed by atoms with van der Waals surface area (Å²) in [6.45, 7) is -0.965. The molecular weight excluding hydrogens is 599 g/mol. The molecule has 0 spiro atoms. The summed E-state index contributed by atoms with van der Waals surface area (Å²) in [6.07, 6.45) is -2.64. The third-order valence-electron chi connectivity index (χ3n) is 3.76. The average molecular weight is 613 g/mol. The number of hydrogen-bond donors (Lipinski definition) is 3. The first-order chi connectivity index (χ1) is 14.2. The van der Waals surface area contributed by atoms with Crippen molar-refractivity contribution in [3.8, 4) is 0 Å². The number of ether oxygens (including phenoxy) is 1. The molecule has 2 unspecified atom stereocenters. The summed E-state index contributed by atoms with van der Waals surface area (Å²) in [7, 11) is -18.0. The fourth-order valence-electron chi connectivity index (χ4n) is 2.64. The monoisotopic (exact) mass is 613 g/mol. The van der Waals surface area contributed by atoms with Gasteiger partial charge in [-0.3, -0.25) is 27.8 Å². The van der Waals surface area contributed by atoms with Crippen LogP contribution in [0.1, 0.15) is 12.6 Å². The van der Waals surface area contributed by atoms with E-state index in [1.807, 2.05) is 0 Å². The number of aliphatic hydroxyl groups is 1. The molecule has 1 aliphatic rings. The Labute approximate surface area is 290 Å². The molecule has 0 aromatic carbocycles. The summed E-state index contributed by atoms with van der Waals surface area (Å²) in [5, 5.41) is 10.1. The number of nitrogens with zero attached hydrogens (tertiary/aromatic N) is 3. The molecule has 2 aromatic rings. The van der Waals surface area contributed by atoms with Gasteiger partial charge in [-0.2, -0.15) is 4.98 Å². The number of hydrogen-bond acceptors (Lipinski definition) is 16. The van der Waals surface area contributed by atoms with Gasteiger partial charge in [0.05, 0.1) is 26.9 Å². The first-order valence-electron chi connectivity index (χ1n) is 7.93. The molecule has 5 atom stereocenters. The summed E-state index contributed by atoms with van der Waals surface area (Å²) < 4.78 is 50.4. The van der Waals surface area contributed by atoms with Gasteiger partial charge in [-0.25, -0.2) is 9.29 Å². The van der Waals surface area contributed by atoms with Crippen LogP contribution in [-0.4, -0.2) is 48.9 Å². The van der Waals surface area contributed by atoms with Gasteiger partial charge in [0.15, 0.2) is 11.2 Å². The van der Waals surface area contributed by atoms with Crippen LogP contribution in [0.25, 0.3) is 11.2 Å². The molecule has 0 bridgehead atoms. The predicted molar refractivity (Wildman–Crippen MR) is 91.7 cm³/mol. The molecule has 3 rings (SSSR count). The van der Waals surface area contributed by atoms with Gasteiger partial charge in [0.25, 0.3) is 21.2 Å². The second-order valence-electron chi connectivity index (χ2n) is 6.01. The molecule has 36 heavy (non-hydrogen) atoms. The number of nitrogen functional groups attached to an aromatic ring is 1. The van der Waals surface area contributed by atoms with E-state index in [1.165, 1.54) is 10.9 Å². The first-order valence-corrected chi connectivity index (χ1v) is 12.3. The fraction of sp³-hybridized carbons (Fsp3) is 0.500. The number of phosphoric ester groups is 1. The van der Waals surface area contributed by atoms with Crippen LogP contribution in [0.5, 0.6) is 0 Å². The summed E-state index contributed by atoms with van der Waals surface area (Å²) >= 11 is 0. The van der Waals surface area contributed by atoms with Gasteiger partial charge in [0.1, 0.15) is 12.3 Å². The van der Waals surface area contributed by atoms with E-state index in [4.69, 9.17) is 10.5 Å². The summed E-state index contributed by atoms with van der Waals surface area (Å²) in [5.41, 5.74) is 4.78. The fourth-order valence-corrected chi connectivity index (χ4v) is 5.50. The van der Waals surface area contributed by atoms with Crippen LogP contribution in [-0.2, 0) is 31.6 Å². The van der Waals surface area contributed by atoms with Crippen molar-refractivity contribution < 1.29 is 180 Å².